The molecular formula is C15H17NO2. The number of amides is 1. The van der Waals surface area contributed by atoms with Gasteiger partial charge >= 0.3 is 0 Å². The lowest BCUT2D eigenvalue weighted by Crippen LogP contribution is -2.48. The number of hydrogen-bond donors (Lipinski definition) is 0. The van der Waals surface area contributed by atoms with Crippen molar-refractivity contribution >= 4 is 5.91 Å². The zero-order valence-corrected chi connectivity index (χ0v) is 10.3. The van der Waals surface area contributed by atoms with Gasteiger partial charge in [0.05, 0.1) is 6.04 Å². The molecule has 0 spiro atoms. The summed E-state index contributed by atoms with van der Waals surface area (Å²) in [6, 6.07) is 10.2. The highest BCUT2D eigenvalue weighted by molar-refractivity contribution is 5.76. The van der Waals surface area contributed by atoms with Gasteiger partial charge in [0.1, 0.15) is 6.10 Å². The molecule has 1 aromatic rings. The minimum atomic E-state index is 0.0953. The Hall–Kier alpha value is -1.61. The van der Waals surface area contributed by atoms with Crippen molar-refractivity contribution in [2.75, 3.05) is 0 Å². The summed E-state index contributed by atoms with van der Waals surface area (Å²) in [5, 5.41) is 1.58. The number of benzene rings is 1. The molecule has 2 atom stereocenters. The van der Waals surface area contributed by atoms with Crippen molar-refractivity contribution < 1.29 is 9.63 Å². The van der Waals surface area contributed by atoms with Crippen LogP contribution in [-0.4, -0.2) is 23.1 Å². The summed E-state index contributed by atoms with van der Waals surface area (Å²) in [5.41, 5.74) is 1.20. The Bertz CT molecular complexity index is 455. The van der Waals surface area contributed by atoms with Gasteiger partial charge in [0.25, 0.3) is 0 Å². The Morgan fingerprint density at radius 3 is 2.67 bits per heavy atom. The Morgan fingerprint density at radius 2 is 2.06 bits per heavy atom. The molecule has 0 aromatic heterocycles. The molecular weight excluding hydrogens is 226 g/mol. The standard InChI is InChI=1S/C15H17NO2/c17-15(11-6-12-4-2-1-3-5-12)16-13-7-9-14(18-16)10-8-13/h1-5,7,9,13-14H,6,8,10-11H2. The Morgan fingerprint density at radius 1 is 1.22 bits per heavy atom. The highest BCUT2D eigenvalue weighted by Crippen LogP contribution is 2.28. The molecule has 1 aliphatic carbocycles. The van der Waals surface area contributed by atoms with Crippen LogP contribution in [0.3, 0.4) is 0 Å². The number of hydrogen-bond acceptors (Lipinski definition) is 2. The smallest absolute Gasteiger partial charge is 0.247 e. The first-order valence-corrected chi connectivity index (χ1v) is 6.54. The SMILES string of the molecule is O=C(CCc1ccccc1)N1OC2C=CC1CC2. The topological polar surface area (TPSA) is 29.5 Å². The van der Waals surface area contributed by atoms with Gasteiger partial charge in [-0.3, -0.25) is 9.63 Å². The number of nitrogens with zero attached hydrogens (tertiary/aromatic N) is 1. The fourth-order valence-corrected chi connectivity index (χ4v) is 2.54. The predicted octanol–water partition coefficient (Wildman–Crippen LogP) is 2.48. The first-order chi connectivity index (χ1) is 8.83. The Balaban J connectivity index is 1.58. The molecule has 2 bridgehead atoms. The van der Waals surface area contributed by atoms with Crippen molar-refractivity contribution in [3.8, 4) is 0 Å². The first-order valence-electron chi connectivity index (χ1n) is 6.54. The van der Waals surface area contributed by atoms with Gasteiger partial charge in [-0.25, -0.2) is 5.06 Å². The molecule has 1 aromatic carbocycles. The van der Waals surface area contributed by atoms with Crippen LogP contribution in [0.15, 0.2) is 42.5 Å². The second kappa shape index (κ2) is 4.94. The number of carbonyl (C=O) groups is 1. The van der Waals surface area contributed by atoms with E-state index in [0.717, 1.165) is 19.3 Å². The third-order valence-electron chi connectivity index (χ3n) is 3.56. The van der Waals surface area contributed by atoms with E-state index in [1.165, 1.54) is 5.56 Å². The zero-order chi connectivity index (χ0) is 12.4. The number of rotatable bonds is 3. The molecule has 3 aliphatic rings. The molecule has 2 aliphatic heterocycles. The van der Waals surface area contributed by atoms with Gasteiger partial charge in [-0.05, 0) is 24.8 Å². The molecule has 3 heteroatoms. The second-order valence-electron chi connectivity index (χ2n) is 4.88. The molecule has 2 heterocycles. The van der Waals surface area contributed by atoms with Crippen LogP contribution >= 0.6 is 0 Å². The van der Waals surface area contributed by atoms with E-state index in [4.69, 9.17) is 4.84 Å². The van der Waals surface area contributed by atoms with Gasteiger partial charge in [0, 0.05) is 6.42 Å². The monoisotopic (exact) mass is 243 g/mol. The largest absolute Gasteiger partial charge is 0.273 e. The highest BCUT2D eigenvalue weighted by atomic mass is 16.7. The van der Waals surface area contributed by atoms with Crippen molar-refractivity contribution in [2.45, 2.75) is 37.8 Å². The van der Waals surface area contributed by atoms with Crippen molar-refractivity contribution in [3.05, 3.63) is 48.0 Å². The second-order valence-corrected chi connectivity index (χ2v) is 4.88. The number of fused-ring (bicyclic) bond motifs is 2. The number of aryl methyl sites for hydroxylation is 1. The van der Waals surface area contributed by atoms with Crippen LogP contribution in [0.4, 0.5) is 0 Å². The van der Waals surface area contributed by atoms with Crippen LogP contribution in [-0.2, 0) is 16.1 Å². The van der Waals surface area contributed by atoms with E-state index < -0.39 is 0 Å². The summed E-state index contributed by atoms with van der Waals surface area (Å²) in [7, 11) is 0. The minimum absolute atomic E-state index is 0.0953. The van der Waals surface area contributed by atoms with E-state index in [0.29, 0.717) is 6.42 Å². The fourth-order valence-electron chi connectivity index (χ4n) is 2.54. The Labute approximate surface area is 107 Å². The summed E-state index contributed by atoms with van der Waals surface area (Å²) in [6.07, 6.45) is 7.62. The van der Waals surface area contributed by atoms with E-state index in [-0.39, 0.29) is 18.1 Å². The maximum atomic E-state index is 12.1. The zero-order valence-electron chi connectivity index (χ0n) is 10.3. The van der Waals surface area contributed by atoms with E-state index in [2.05, 4.69) is 24.3 Å². The van der Waals surface area contributed by atoms with E-state index in [9.17, 15) is 4.79 Å². The molecule has 94 valence electrons. The van der Waals surface area contributed by atoms with Crippen LogP contribution in [0.1, 0.15) is 24.8 Å². The molecule has 2 unspecified atom stereocenters. The summed E-state index contributed by atoms with van der Waals surface area (Å²) in [5.74, 6) is 0.0953. The first kappa shape index (κ1) is 11.5. The lowest BCUT2D eigenvalue weighted by molar-refractivity contribution is -0.230. The van der Waals surface area contributed by atoms with E-state index >= 15 is 0 Å². The van der Waals surface area contributed by atoms with Gasteiger partial charge in [0.2, 0.25) is 5.91 Å². The number of carbonyl (C=O) groups excluding carboxylic acids is 1. The van der Waals surface area contributed by atoms with Crippen molar-refractivity contribution in [2.24, 2.45) is 0 Å². The van der Waals surface area contributed by atoms with Gasteiger partial charge in [-0.15, -0.1) is 0 Å². The maximum Gasteiger partial charge on any atom is 0.247 e. The normalized spacial score (nSPS) is 25.4. The van der Waals surface area contributed by atoms with E-state index in [1.54, 1.807) is 5.06 Å². The van der Waals surface area contributed by atoms with Crippen LogP contribution in [0.25, 0.3) is 0 Å². The summed E-state index contributed by atoms with van der Waals surface area (Å²) >= 11 is 0. The van der Waals surface area contributed by atoms with Gasteiger partial charge in [0.15, 0.2) is 0 Å². The van der Waals surface area contributed by atoms with E-state index in [1.807, 2.05) is 18.2 Å². The summed E-state index contributed by atoms with van der Waals surface area (Å²) < 4.78 is 0. The van der Waals surface area contributed by atoms with Gasteiger partial charge in [-0.2, -0.15) is 0 Å². The lowest BCUT2D eigenvalue weighted by Gasteiger charge is -2.40. The average Bonchev–Trinajstić information content (AvgIpc) is 2.47. The molecule has 1 saturated heterocycles. The van der Waals surface area contributed by atoms with Crippen LogP contribution in [0.5, 0.6) is 0 Å². The molecule has 18 heavy (non-hydrogen) atoms. The maximum absolute atomic E-state index is 12.1. The molecule has 1 amide bonds. The van der Waals surface area contributed by atoms with Crippen molar-refractivity contribution in [3.63, 3.8) is 0 Å². The van der Waals surface area contributed by atoms with Crippen LogP contribution in [0, 0.1) is 0 Å². The molecule has 1 fully saturated rings. The number of hydroxylamine groups is 2. The summed E-state index contributed by atoms with van der Waals surface area (Å²) in [6.45, 7) is 0. The van der Waals surface area contributed by atoms with Crippen molar-refractivity contribution in [1.29, 1.82) is 0 Å². The molecule has 4 rings (SSSR count). The molecule has 0 radical (unpaired) electrons. The van der Waals surface area contributed by atoms with Gasteiger partial charge < -0.3 is 0 Å². The molecule has 0 N–H and O–H groups in total. The third-order valence-corrected chi connectivity index (χ3v) is 3.56. The summed E-state index contributed by atoms with van der Waals surface area (Å²) in [4.78, 5) is 17.8. The third kappa shape index (κ3) is 2.31. The van der Waals surface area contributed by atoms with Crippen molar-refractivity contribution in [1.82, 2.24) is 5.06 Å². The molecule has 0 saturated carbocycles. The fraction of sp³-hybridized carbons (Fsp3) is 0.400. The Kier molecular flexibility index (Phi) is 3.15. The van der Waals surface area contributed by atoms with Gasteiger partial charge in [-0.1, -0.05) is 42.5 Å². The van der Waals surface area contributed by atoms with Crippen LogP contribution in [0.2, 0.25) is 0 Å². The quantitative estimate of drug-likeness (QED) is 0.763. The lowest BCUT2D eigenvalue weighted by atomic mass is 9.98. The predicted molar refractivity (Wildman–Crippen MR) is 68.6 cm³/mol. The minimum Gasteiger partial charge on any atom is -0.273 e. The highest BCUT2D eigenvalue weighted by Gasteiger charge is 2.33. The van der Waals surface area contributed by atoms with Crippen LogP contribution < -0.4 is 0 Å². The average molecular weight is 243 g/mol. The molecule has 3 nitrogen and oxygen atoms in total.